The third kappa shape index (κ3) is 1.91. The molecule has 3 heteroatoms. The summed E-state index contributed by atoms with van der Waals surface area (Å²) in [6.45, 7) is 0. The highest BCUT2D eigenvalue weighted by Crippen LogP contribution is 2.09. The lowest BCUT2D eigenvalue weighted by Gasteiger charge is -1.96. The summed E-state index contributed by atoms with van der Waals surface area (Å²) in [5.74, 6) is 0.495. The summed E-state index contributed by atoms with van der Waals surface area (Å²) < 4.78 is 0. The minimum absolute atomic E-state index is 0.495. The monoisotopic (exact) mass is 204 g/mol. The summed E-state index contributed by atoms with van der Waals surface area (Å²) >= 11 is 5.53. The molecule has 14 heavy (non-hydrogen) atoms. The van der Waals surface area contributed by atoms with Crippen molar-refractivity contribution in [2.45, 2.75) is 0 Å². The van der Waals surface area contributed by atoms with Crippen molar-refractivity contribution in [3.05, 3.63) is 42.2 Å². The third-order valence-corrected chi connectivity index (χ3v) is 2.02. The van der Waals surface area contributed by atoms with Crippen LogP contribution in [0.5, 0.6) is 0 Å². The van der Waals surface area contributed by atoms with Crippen LogP contribution in [0.15, 0.2) is 36.5 Å². The number of rotatable bonds is 2. The Hall–Kier alpha value is -1.41. The molecule has 2 aromatic rings. The first-order chi connectivity index (χ1) is 6.90. The van der Waals surface area contributed by atoms with Crippen LogP contribution in [0.25, 0.3) is 17.1 Å². The van der Waals surface area contributed by atoms with Crippen molar-refractivity contribution in [2.24, 2.45) is 0 Å². The van der Waals surface area contributed by atoms with Crippen molar-refractivity contribution in [3.8, 4) is 0 Å². The number of para-hydroxylation sites is 2. The van der Waals surface area contributed by atoms with Crippen molar-refractivity contribution in [2.75, 3.05) is 5.88 Å². The first kappa shape index (κ1) is 9.16. The van der Waals surface area contributed by atoms with Gasteiger partial charge in [-0.3, -0.25) is 4.98 Å². The van der Waals surface area contributed by atoms with Gasteiger partial charge >= 0.3 is 0 Å². The van der Waals surface area contributed by atoms with Crippen molar-refractivity contribution in [3.63, 3.8) is 0 Å². The van der Waals surface area contributed by atoms with E-state index in [1.165, 1.54) is 0 Å². The Morgan fingerprint density at radius 3 is 2.79 bits per heavy atom. The fourth-order valence-electron chi connectivity index (χ4n) is 1.22. The van der Waals surface area contributed by atoms with Crippen LogP contribution in [-0.4, -0.2) is 15.8 Å². The number of allylic oxidation sites excluding steroid dienone is 1. The van der Waals surface area contributed by atoms with Crippen LogP contribution in [0.1, 0.15) is 5.69 Å². The summed E-state index contributed by atoms with van der Waals surface area (Å²) in [4.78, 5) is 8.68. The maximum atomic E-state index is 5.53. The van der Waals surface area contributed by atoms with E-state index in [1.807, 2.05) is 36.4 Å². The Balaban J connectivity index is 2.46. The van der Waals surface area contributed by atoms with E-state index in [1.54, 1.807) is 6.20 Å². The van der Waals surface area contributed by atoms with E-state index in [0.29, 0.717) is 5.88 Å². The van der Waals surface area contributed by atoms with Gasteiger partial charge in [0.2, 0.25) is 0 Å². The summed E-state index contributed by atoms with van der Waals surface area (Å²) in [6, 6.07) is 7.79. The van der Waals surface area contributed by atoms with Gasteiger partial charge in [-0.2, -0.15) is 0 Å². The van der Waals surface area contributed by atoms with E-state index in [4.69, 9.17) is 11.6 Å². The SMILES string of the molecule is ClCC=Cc1cnc2ccccc2n1. The molecule has 0 bridgehead atoms. The van der Waals surface area contributed by atoms with Crippen LogP contribution in [0.3, 0.4) is 0 Å². The van der Waals surface area contributed by atoms with E-state index in [2.05, 4.69) is 9.97 Å². The number of aromatic nitrogens is 2. The zero-order chi connectivity index (χ0) is 9.80. The predicted octanol–water partition coefficient (Wildman–Crippen LogP) is 2.88. The molecule has 0 aliphatic carbocycles. The molecule has 0 N–H and O–H groups in total. The van der Waals surface area contributed by atoms with Crippen LogP contribution in [0.2, 0.25) is 0 Å². The lowest BCUT2D eigenvalue weighted by atomic mass is 10.3. The number of hydrogen-bond donors (Lipinski definition) is 0. The van der Waals surface area contributed by atoms with Gasteiger partial charge in [-0.25, -0.2) is 4.98 Å². The van der Waals surface area contributed by atoms with Gasteiger partial charge in [0.15, 0.2) is 0 Å². The quantitative estimate of drug-likeness (QED) is 0.703. The van der Waals surface area contributed by atoms with Crippen LogP contribution in [0.4, 0.5) is 0 Å². The molecule has 2 rings (SSSR count). The maximum absolute atomic E-state index is 5.53. The van der Waals surface area contributed by atoms with Gasteiger partial charge in [0.25, 0.3) is 0 Å². The smallest absolute Gasteiger partial charge is 0.0894 e. The number of alkyl halides is 1. The lowest BCUT2D eigenvalue weighted by molar-refractivity contribution is 1.26. The Labute approximate surface area is 87.3 Å². The maximum Gasteiger partial charge on any atom is 0.0894 e. The van der Waals surface area contributed by atoms with Crippen molar-refractivity contribution >= 4 is 28.7 Å². The fourth-order valence-corrected chi connectivity index (χ4v) is 1.31. The highest BCUT2D eigenvalue weighted by Gasteiger charge is 1.94. The first-order valence-electron chi connectivity index (χ1n) is 4.34. The predicted molar refractivity (Wildman–Crippen MR) is 59.3 cm³/mol. The third-order valence-electron chi connectivity index (χ3n) is 1.84. The highest BCUT2D eigenvalue weighted by atomic mass is 35.5. The molecule has 2 nitrogen and oxygen atoms in total. The van der Waals surface area contributed by atoms with Crippen molar-refractivity contribution < 1.29 is 0 Å². The van der Waals surface area contributed by atoms with Gasteiger partial charge < -0.3 is 0 Å². The first-order valence-corrected chi connectivity index (χ1v) is 4.88. The van der Waals surface area contributed by atoms with E-state index in [0.717, 1.165) is 16.7 Å². The minimum atomic E-state index is 0.495. The molecule has 1 aromatic heterocycles. The molecular weight excluding hydrogens is 196 g/mol. The number of nitrogens with zero attached hydrogens (tertiary/aromatic N) is 2. The summed E-state index contributed by atoms with van der Waals surface area (Å²) in [7, 11) is 0. The standard InChI is InChI=1S/C11H9ClN2/c12-7-3-4-9-8-13-10-5-1-2-6-11(10)14-9/h1-6,8H,7H2. The van der Waals surface area contributed by atoms with Crippen LogP contribution >= 0.6 is 11.6 Å². The van der Waals surface area contributed by atoms with Gasteiger partial charge in [0.05, 0.1) is 22.9 Å². The molecule has 0 unspecified atom stereocenters. The molecule has 0 saturated carbocycles. The normalized spacial score (nSPS) is 11.2. The number of fused-ring (bicyclic) bond motifs is 1. The van der Waals surface area contributed by atoms with Gasteiger partial charge in [-0.1, -0.05) is 18.2 Å². The van der Waals surface area contributed by atoms with E-state index < -0.39 is 0 Å². The average molecular weight is 205 g/mol. The minimum Gasteiger partial charge on any atom is -0.252 e. The van der Waals surface area contributed by atoms with E-state index in [9.17, 15) is 0 Å². The van der Waals surface area contributed by atoms with Gasteiger partial charge in [-0.05, 0) is 18.2 Å². The molecule has 70 valence electrons. The van der Waals surface area contributed by atoms with Gasteiger partial charge in [0, 0.05) is 5.88 Å². The second kappa shape index (κ2) is 4.20. The average Bonchev–Trinajstić information content (AvgIpc) is 2.26. The number of hydrogen-bond acceptors (Lipinski definition) is 2. The van der Waals surface area contributed by atoms with Crippen LogP contribution in [-0.2, 0) is 0 Å². The zero-order valence-electron chi connectivity index (χ0n) is 7.52. The molecule has 0 radical (unpaired) electrons. The van der Waals surface area contributed by atoms with Gasteiger partial charge in [0.1, 0.15) is 0 Å². The molecule has 0 saturated heterocycles. The fraction of sp³-hybridized carbons (Fsp3) is 0.0909. The molecule has 1 heterocycles. The molecule has 0 atom stereocenters. The number of halogens is 1. The summed E-state index contributed by atoms with van der Waals surface area (Å²) in [5.41, 5.74) is 2.66. The molecule has 1 aromatic carbocycles. The van der Waals surface area contributed by atoms with Gasteiger partial charge in [-0.15, -0.1) is 11.6 Å². The summed E-state index contributed by atoms with van der Waals surface area (Å²) in [6.07, 6.45) is 5.46. The van der Waals surface area contributed by atoms with Crippen molar-refractivity contribution in [1.82, 2.24) is 9.97 Å². The lowest BCUT2D eigenvalue weighted by Crippen LogP contribution is -1.86. The van der Waals surface area contributed by atoms with Crippen LogP contribution < -0.4 is 0 Å². The van der Waals surface area contributed by atoms with E-state index in [-0.39, 0.29) is 0 Å². The number of benzene rings is 1. The largest absolute Gasteiger partial charge is 0.252 e. The summed E-state index contributed by atoms with van der Waals surface area (Å²) in [5, 5.41) is 0. The molecule has 0 aliphatic heterocycles. The van der Waals surface area contributed by atoms with Crippen LogP contribution in [0, 0.1) is 0 Å². The van der Waals surface area contributed by atoms with Crippen molar-refractivity contribution in [1.29, 1.82) is 0 Å². The van der Waals surface area contributed by atoms with E-state index >= 15 is 0 Å². The Kier molecular flexibility index (Phi) is 2.75. The Bertz CT molecular complexity index is 466. The molecule has 0 fully saturated rings. The molecule has 0 aliphatic rings. The topological polar surface area (TPSA) is 25.8 Å². The zero-order valence-corrected chi connectivity index (χ0v) is 8.28. The molecule has 0 amide bonds. The Morgan fingerprint density at radius 2 is 2.00 bits per heavy atom. The molecular formula is C11H9ClN2. The second-order valence-corrected chi connectivity index (χ2v) is 3.15. The highest BCUT2D eigenvalue weighted by molar-refractivity contribution is 6.19. The Morgan fingerprint density at radius 1 is 1.21 bits per heavy atom. The second-order valence-electron chi connectivity index (χ2n) is 2.84. The molecule has 0 spiro atoms.